The molecule has 2 N–H and O–H groups in total. The Hall–Kier alpha value is -2.41. The molecule has 26 heavy (non-hydrogen) atoms. The van der Waals surface area contributed by atoms with Gasteiger partial charge in [0.15, 0.2) is 0 Å². The summed E-state index contributed by atoms with van der Waals surface area (Å²) in [5, 5.41) is 2.86. The number of carbonyl (C=O) groups is 1. The van der Waals surface area contributed by atoms with Crippen LogP contribution in [0, 0.1) is 5.82 Å². The number of carbonyl (C=O) groups excluding carboxylic acids is 1. The number of anilines is 1. The maximum Gasteiger partial charge on any atom is 0.229 e. The molecule has 140 valence electrons. The van der Waals surface area contributed by atoms with Gasteiger partial charge in [0.1, 0.15) is 5.82 Å². The molecular weight excluding hydrogens is 355 g/mol. The summed E-state index contributed by atoms with van der Waals surface area (Å²) in [6.07, 6.45) is 3.51. The van der Waals surface area contributed by atoms with Crippen LogP contribution in [0.1, 0.15) is 24.0 Å². The van der Waals surface area contributed by atoms with Crippen LogP contribution < -0.4 is 10.0 Å². The minimum atomic E-state index is -3.27. The number of amides is 1. The monoisotopic (exact) mass is 378 g/mol. The predicted octanol–water partition coefficient (Wildman–Crippen LogP) is 2.88. The van der Waals surface area contributed by atoms with Crippen molar-refractivity contribution in [1.82, 2.24) is 5.32 Å². The van der Waals surface area contributed by atoms with Crippen molar-refractivity contribution in [2.24, 2.45) is 0 Å². The Morgan fingerprint density at radius 2 is 1.77 bits per heavy atom. The molecule has 0 aliphatic heterocycles. The van der Waals surface area contributed by atoms with Gasteiger partial charge in [-0.2, -0.15) is 0 Å². The molecule has 2 aromatic carbocycles. The third-order valence-corrected chi connectivity index (χ3v) is 4.36. The summed E-state index contributed by atoms with van der Waals surface area (Å²) >= 11 is 0. The fraction of sp³-hybridized carbons (Fsp3) is 0.316. The van der Waals surface area contributed by atoms with Gasteiger partial charge in [-0.3, -0.25) is 9.52 Å². The Balaban J connectivity index is 1.65. The van der Waals surface area contributed by atoms with Crippen molar-refractivity contribution in [3.05, 3.63) is 65.5 Å². The zero-order valence-electron chi connectivity index (χ0n) is 14.7. The highest BCUT2D eigenvalue weighted by Gasteiger charge is 2.04. The van der Waals surface area contributed by atoms with E-state index in [4.69, 9.17) is 0 Å². The van der Waals surface area contributed by atoms with Crippen LogP contribution in [0.5, 0.6) is 0 Å². The van der Waals surface area contributed by atoms with E-state index < -0.39 is 10.0 Å². The van der Waals surface area contributed by atoms with Gasteiger partial charge in [0, 0.05) is 18.7 Å². The molecule has 0 bridgehead atoms. The van der Waals surface area contributed by atoms with E-state index in [1.165, 1.54) is 12.1 Å². The Morgan fingerprint density at radius 3 is 2.42 bits per heavy atom. The summed E-state index contributed by atoms with van der Waals surface area (Å²) in [5.74, 6) is -0.345. The average Bonchev–Trinajstić information content (AvgIpc) is 2.57. The molecule has 5 nitrogen and oxygen atoms in total. The second-order valence-corrected chi connectivity index (χ2v) is 7.90. The van der Waals surface area contributed by atoms with Crippen molar-refractivity contribution < 1.29 is 17.6 Å². The fourth-order valence-electron chi connectivity index (χ4n) is 2.51. The van der Waals surface area contributed by atoms with Crippen LogP contribution in [0.4, 0.5) is 10.1 Å². The highest BCUT2D eigenvalue weighted by Crippen LogP contribution is 2.12. The van der Waals surface area contributed by atoms with E-state index in [0.717, 1.165) is 30.2 Å². The number of aryl methyl sites for hydroxylation is 2. The summed E-state index contributed by atoms with van der Waals surface area (Å²) in [6.45, 7) is 0.561. The number of sulfonamides is 1. The van der Waals surface area contributed by atoms with E-state index >= 15 is 0 Å². The molecule has 0 radical (unpaired) electrons. The first kappa shape index (κ1) is 19.9. The molecule has 2 rings (SSSR count). The molecule has 0 saturated carbocycles. The first-order chi connectivity index (χ1) is 12.3. The highest BCUT2D eigenvalue weighted by atomic mass is 32.2. The number of hydrogen-bond acceptors (Lipinski definition) is 3. The zero-order valence-corrected chi connectivity index (χ0v) is 15.5. The Kier molecular flexibility index (Phi) is 7.15. The largest absolute Gasteiger partial charge is 0.356 e. The van der Waals surface area contributed by atoms with Gasteiger partial charge in [-0.15, -0.1) is 0 Å². The second kappa shape index (κ2) is 9.33. The van der Waals surface area contributed by atoms with E-state index in [0.29, 0.717) is 25.1 Å². The lowest BCUT2D eigenvalue weighted by molar-refractivity contribution is -0.121. The molecule has 1 amide bonds. The predicted molar refractivity (Wildman–Crippen MR) is 101 cm³/mol. The molecule has 0 saturated heterocycles. The lowest BCUT2D eigenvalue weighted by Crippen LogP contribution is -2.25. The third-order valence-electron chi connectivity index (χ3n) is 3.75. The molecule has 0 unspecified atom stereocenters. The van der Waals surface area contributed by atoms with Gasteiger partial charge in [0.05, 0.1) is 6.26 Å². The lowest BCUT2D eigenvalue weighted by Gasteiger charge is -2.07. The van der Waals surface area contributed by atoms with E-state index in [-0.39, 0.29) is 11.7 Å². The van der Waals surface area contributed by atoms with Crippen molar-refractivity contribution in [1.29, 1.82) is 0 Å². The summed E-state index contributed by atoms with van der Waals surface area (Å²) in [6, 6.07) is 13.4. The van der Waals surface area contributed by atoms with Crippen LogP contribution in [-0.2, 0) is 27.7 Å². The SMILES string of the molecule is CS(=O)(=O)Nc1ccc(CCCNC(=O)CCc2cccc(F)c2)cc1. The second-order valence-electron chi connectivity index (χ2n) is 6.15. The average molecular weight is 378 g/mol. The fourth-order valence-corrected chi connectivity index (χ4v) is 3.08. The molecule has 0 aliphatic carbocycles. The number of benzene rings is 2. The van der Waals surface area contributed by atoms with Crippen LogP contribution in [-0.4, -0.2) is 27.1 Å². The summed E-state index contributed by atoms with van der Waals surface area (Å²) in [5.41, 5.74) is 2.41. The van der Waals surface area contributed by atoms with Crippen LogP contribution in [0.2, 0.25) is 0 Å². The Labute approximate surface area is 153 Å². The quantitative estimate of drug-likeness (QED) is 0.659. The van der Waals surface area contributed by atoms with Crippen molar-refractivity contribution in [2.45, 2.75) is 25.7 Å². The molecule has 0 fully saturated rings. The molecule has 0 spiro atoms. The third kappa shape index (κ3) is 7.65. The van der Waals surface area contributed by atoms with Crippen molar-refractivity contribution in [2.75, 3.05) is 17.5 Å². The smallest absolute Gasteiger partial charge is 0.229 e. The summed E-state index contributed by atoms with van der Waals surface area (Å²) in [7, 11) is -3.27. The van der Waals surface area contributed by atoms with Gasteiger partial charge >= 0.3 is 0 Å². The zero-order chi connectivity index (χ0) is 19.0. The van der Waals surface area contributed by atoms with Gasteiger partial charge < -0.3 is 5.32 Å². The molecule has 0 heterocycles. The summed E-state index contributed by atoms with van der Waals surface area (Å²) < 4.78 is 37.8. The van der Waals surface area contributed by atoms with E-state index in [1.54, 1.807) is 24.3 Å². The van der Waals surface area contributed by atoms with Crippen molar-refractivity contribution >= 4 is 21.6 Å². The molecule has 2 aromatic rings. The number of rotatable bonds is 9. The van der Waals surface area contributed by atoms with Gasteiger partial charge in [0.2, 0.25) is 15.9 Å². The van der Waals surface area contributed by atoms with Gasteiger partial charge in [-0.1, -0.05) is 24.3 Å². The maximum absolute atomic E-state index is 13.1. The molecule has 0 atom stereocenters. The van der Waals surface area contributed by atoms with Crippen molar-refractivity contribution in [3.63, 3.8) is 0 Å². The molecule has 0 aromatic heterocycles. The minimum absolute atomic E-state index is 0.0537. The van der Waals surface area contributed by atoms with Gasteiger partial charge in [-0.25, -0.2) is 12.8 Å². The Bertz CT molecular complexity index is 836. The van der Waals surface area contributed by atoms with E-state index in [2.05, 4.69) is 10.0 Å². The first-order valence-corrected chi connectivity index (χ1v) is 10.3. The van der Waals surface area contributed by atoms with Crippen LogP contribution >= 0.6 is 0 Å². The topological polar surface area (TPSA) is 75.3 Å². The lowest BCUT2D eigenvalue weighted by atomic mass is 10.1. The van der Waals surface area contributed by atoms with Crippen molar-refractivity contribution in [3.8, 4) is 0 Å². The number of nitrogens with one attached hydrogen (secondary N) is 2. The Morgan fingerprint density at radius 1 is 1.04 bits per heavy atom. The standard InChI is InChI=1S/C19H23FN2O3S/c1-26(24,25)22-18-10-7-15(8-11-18)5-3-13-21-19(23)12-9-16-4-2-6-17(20)14-16/h2,4,6-8,10-11,14,22H,3,5,9,12-13H2,1H3,(H,21,23). The minimum Gasteiger partial charge on any atom is -0.356 e. The normalized spacial score (nSPS) is 11.2. The van der Waals surface area contributed by atoms with Crippen LogP contribution in [0.3, 0.4) is 0 Å². The number of hydrogen-bond donors (Lipinski definition) is 2. The molecule has 7 heteroatoms. The van der Waals surface area contributed by atoms with E-state index in [1.807, 2.05) is 12.1 Å². The number of halogens is 1. The van der Waals surface area contributed by atoms with E-state index in [9.17, 15) is 17.6 Å². The van der Waals surface area contributed by atoms with Crippen LogP contribution in [0.25, 0.3) is 0 Å². The highest BCUT2D eigenvalue weighted by molar-refractivity contribution is 7.92. The summed E-state index contributed by atoms with van der Waals surface area (Å²) in [4.78, 5) is 11.8. The maximum atomic E-state index is 13.1. The molecule has 0 aliphatic rings. The van der Waals surface area contributed by atoms with Gasteiger partial charge in [0.25, 0.3) is 0 Å². The molecular formula is C19H23FN2O3S. The van der Waals surface area contributed by atoms with Crippen LogP contribution in [0.15, 0.2) is 48.5 Å². The first-order valence-electron chi connectivity index (χ1n) is 8.40. The van der Waals surface area contributed by atoms with Gasteiger partial charge in [-0.05, 0) is 54.7 Å².